The van der Waals surface area contributed by atoms with Gasteiger partial charge >= 0.3 is 0 Å². The fourth-order valence-electron chi connectivity index (χ4n) is 3.65. The zero-order valence-corrected chi connectivity index (χ0v) is 11.7. The van der Waals surface area contributed by atoms with Gasteiger partial charge < -0.3 is 10.6 Å². The summed E-state index contributed by atoms with van der Waals surface area (Å²) < 4.78 is 0. The molecule has 0 radical (unpaired) electrons. The highest BCUT2D eigenvalue weighted by Crippen LogP contribution is 2.40. The molecule has 1 heterocycles. The molecule has 2 N–H and O–H groups in total. The van der Waals surface area contributed by atoms with Crippen molar-refractivity contribution in [3.8, 4) is 0 Å². The summed E-state index contributed by atoms with van der Waals surface area (Å²) in [6, 6.07) is 6.41. The number of carbonyl (C=O) groups is 1. The van der Waals surface area contributed by atoms with Crippen LogP contribution < -0.4 is 10.6 Å². The SMILES string of the molecule is CC1CCCC1C(N)c1ccc2c(c1)CC(=O)N2C. The number of hydrogen-bond acceptors (Lipinski definition) is 2. The zero-order valence-electron chi connectivity index (χ0n) is 11.7. The average molecular weight is 258 g/mol. The second-order valence-electron chi connectivity index (χ2n) is 6.12. The molecule has 3 nitrogen and oxygen atoms in total. The van der Waals surface area contributed by atoms with E-state index >= 15 is 0 Å². The van der Waals surface area contributed by atoms with Crippen LogP contribution in [-0.4, -0.2) is 13.0 Å². The Morgan fingerprint density at radius 1 is 1.37 bits per heavy atom. The van der Waals surface area contributed by atoms with Gasteiger partial charge in [-0.1, -0.05) is 31.9 Å². The predicted octanol–water partition coefficient (Wildman–Crippen LogP) is 2.64. The second-order valence-corrected chi connectivity index (χ2v) is 6.12. The summed E-state index contributed by atoms with van der Waals surface area (Å²) in [5, 5.41) is 0. The minimum Gasteiger partial charge on any atom is -0.324 e. The fourth-order valence-corrected chi connectivity index (χ4v) is 3.65. The van der Waals surface area contributed by atoms with Gasteiger partial charge in [0.05, 0.1) is 6.42 Å². The van der Waals surface area contributed by atoms with E-state index in [0.29, 0.717) is 18.3 Å². The van der Waals surface area contributed by atoms with Crippen molar-refractivity contribution in [3.05, 3.63) is 29.3 Å². The van der Waals surface area contributed by atoms with Crippen LogP contribution in [0.25, 0.3) is 0 Å². The Hall–Kier alpha value is -1.35. The maximum absolute atomic E-state index is 11.7. The number of carbonyl (C=O) groups excluding carboxylic acids is 1. The number of hydrogen-bond donors (Lipinski definition) is 1. The quantitative estimate of drug-likeness (QED) is 0.886. The number of benzene rings is 1. The lowest BCUT2D eigenvalue weighted by atomic mass is 9.86. The van der Waals surface area contributed by atoms with Crippen LogP contribution in [0.5, 0.6) is 0 Å². The molecule has 1 fully saturated rings. The summed E-state index contributed by atoms with van der Waals surface area (Å²) in [6.45, 7) is 2.31. The van der Waals surface area contributed by atoms with E-state index in [-0.39, 0.29) is 11.9 Å². The standard InChI is InChI=1S/C16H22N2O/c1-10-4-3-5-13(10)16(17)11-6-7-14-12(8-11)9-15(19)18(14)2/h6-8,10,13,16H,3-5,9,17H2,1-2H3. The first-order valence-corrected chi connectivity index (χ1v) is 7.23. The van der Waals surface area contributed by atoms with Crippen LogP contribution in [0.1, 0.15) is 43.4 Å². The zero-order chi connectivity index (χ0) is 13.6. The molecule has 0 spiro atoms. The smallest absolute Gasteiger partial charge is 0.231 e. The van der Waals surface area contributed by atoms with Crippen LogP contribution in [0.15, 0.2) is 18.2 Å². The first kappa shape index (κ1) is 12.7. The van der Waals surface area contributed by atoms with Gasteiger partial charge in [0.1, 0.15) is 0 Å². The molecule has 2 aliphatic rings. The Bertz CT molecular complexity index is 511. The van der Waals surface area contributed by atoms with Crippen molar-refractivity contribution in [1.82, 2.24) is 0 Å². The van der Waals surface area contributed by atoms with Gasteiger partial charge in [-0.25, -0.2) is 0 Å². The van der Waals surface area contributed by atoms with Crippen LogP contribution >= 0.6 is 0 Å². The first-order valence-electron chi connectivity index (χ1n) is 7.23. The molecular weight excluding hydrogens is 236 g/mol. The van der Waals surface area contributed by atoms with Crippen molar-refractivity contribution in [3.63, 3.8) is 0 Å². The molecule has 0 saturated heterocycles. The highest BCUT2D eigenvalue weighted by Gasteiger charge is 2.31. The normalized spacial score (nSPS) is 27.7. The molecule has 3 unspecified atom stereocenters. The number of anilines is 1. The van der Waals surface area contributed by atoms with Crippen LogP contribution in [-0.2, 0) is 11.2 Å². The number of amides is 1. The minimum atomic E-state index is 0.115. The van der Waals surface area contributed by atoms with E-state index < -0.39 is 0 Å². The second kappa shape index (κ2) is 4.64. The summed E-state index contributed by atoms with van der Waals surface area (Å²) in [6.07, 6.45) is 4.35. The molecule has 1 aromatic carbocycles. The number of rotatable bonds is 2. The Morgan fingerprint density at radius 3 is 2.84 bits per heavy atom. The molecule has 1 aliphatic carbocycles. The maximum atomic E-state index is 11.7. The first-order chi connectivity index (χ1) is 9.08. The van der Waals surface area contributed by atoms with Crippen molar-refractivity contribution < 1.29 is 4.79 Å². The Balaban J connectivity index is 1.87. The molecule has 3 rings (SSSR count). The lowest BCUT2D eigenvalue weighted by Crippen LogP contribution is -2.23. The van der Waals surface area contributed by atoms with E-state index in [1.54, 1.807) is 4.90 Å². The third kappa shape index (κ3) is 2.06. The maximum Gasteiger partial charge on any atom is 0.231 e. The van der Waals surface area contributed by atoms with Gasteiger partial charge in [0.25, 0.3) is 0 Å². The number of likely N-dealkylation sites (N-methyl/N-ethyl adjacent to an activating group) is 1. The summed E-state index contributed by atoms with van der Waals surface area (Å²) >= 11 is 0. The third-order valence-electron chi connectivity index (χ3n) is 4.95. The largest absolute Gasteiger partial charge is 0.324 e. The predicted molar refractivity (Wildman–Crippen MR) is 77.0 cm³/mol. The lowest BCUT2D eigenvalue weighted by Gasteiger charge is -2.24. The molecule has 1 aliphatic heterocycles. The Morgan fingerprint density at radius 2 is 2.16 bits per heavy atom. The molecular formula is C16H22N2O. The summed E-state index contributed by atoms with van der Waals surface area (Å²) in [4.78, 5) is 13.5. The minimum absolute atomic E-state index is 0.115. The molecule has 3 heteroatoms. The number of nitrogens with zero attached hydrogens (tertiary/aromatic N) is 1. The summed E-state index contributed by atoms with van der Waals surface area (Å²) in [5.74, 6) is 1.48. The van der Waals surface area contributed by atoms with E-state index in [1.807, 2.05) is 7.05 Å². The van der Waals surface area contributed by atoms with Crippen LogP contribution in [0.4, 0.5) is 5.69 Å². The van der Waals surface area contributed by atoms with E-state index in [9.17, 15) is 4.79 Å². The molecule has 0 bridgehead atoms. The van der Waals surface area contributed by atoms with Gasteiger partial charge in [-0.15, -0.1) is 0 Å². The molecule has 1 amide bonds. The lowest BCUT2D eigenvalue weighted by molar-refractivity contribution is -0.117. The van der Waals surface area contributed by atoms with Gasteiger partial charge in [-0.05, 0) is 35.4 Å². The monoisotopic (exact) mass is 258 g/mol. The van der Waals surface area contributed by atoms with Crippen LogP contribution in [0.2, 0.25) is 0 Å². The van der Waals surface area contributed by atoms with Gasteiger partial charge in [-0.3, -0.25) is 4.79 Å². The Labute approximate surface area is 114 Å². The highest BCUT2D eigenvalue weighted by molar-refractivity contribution is 6.00. The highest BCUT2D eigenvalue weighted by atomic mass is 16.2. The van der Waals surface area contributed by atoms with Crippen molar-refractivity contribution >= 4 is 11.6 Å². The van der Waals surface area contributed by atoms with Crippen LogP contribution in [0, 0.1) is 11.8 Å². The van der Waals surface area contributed by atoms with Gasteiger partial charge in [0.2, 0.25) is 5.91 Å². The summed E-state index contributed by atoms with van der Waals surface area (Å²) in [5.41, 5.74) is 9.82. The van der Waals surface area contributed by atoms with E-state index in [1.165, 1.54) is 24.8 Å². The van der Waals surface area contributed by atoms with Gasteiger partial charge in [0, 0.05) is 18.8 Å². The van der Waals surface area contributed by atoms with Crippen molar-refractivity contribution in [1.29, 1.82) is 0 Å². The Kier molecular flexibility index (Phi) is 3.09. The van der Waals surface area contributed by atoms with E-state index in [2.05, 4.69) is 25.1 Å². The fraction of sp³-hybridized carbons (Fsp3) is 0.562. The average Bonchev–Trinajstić information content (AvgIpc) is 2.93. The topological polar surface area (TPSA) is 46.3 Å². The number of nitrogens with two attached hydrogens (primary N) is 1. The van der Waals surface area contributed by atoms with Crippen molar-refractivity contribution in [2.24, 2.45) is 17.6 Å². The van der Waals surface area contributed by atoms with Crippen molar-refractivity contribution in [2.45, 2.75) is 38.6 Å². The third-order valence-corrected chi connectivity index (χ3v) is 4.95. The number of fused-ring (bicyclic) bond motifs is 1. The summed E-state index contributed by atoms with van der Waals surface area (Å²) in [7, 11) is 1.84. The molecule has 3 atom stereocenters. The van der Waals surface area contributed by atoms with Crippen molar-refractivity contribution in [2.75, 3.05) is 11.9 Å². The van der Waals surface area contributed by atoms with Gasteiger partial charge in [-0.2, -0.15) is 0 Å². The molecule has 1 aromatic rings. The van der Waals surface area contributed by atoms with E-state index in [4.69, 9.17) is 5.73 Å². The molecule has 0 aromatic heterocycles. The molecule has 1 saturated carbocycles. The van der Waals surface area contributed by atoms with Gasteiger partial charge in [0.15, 0.2) is 0 Å². The molecule has 102 valence electrons. The van der Waals surface area contributed by atoms with E-state index in [0.717, 1.165) is 11.3 Å². The van der Waals surface area contributed by atoms with Crippen LogP contribution in [0.3, 0.4) is 0 Å². The molecule has 19 heavy (non-hydrogen) atoms.